The van der Waals surface area contributed by atoms with Crippen LogP contribution < -0.4 is 10.2 Å². The Kier molecular flexibility index (Phi) is 7.10. The van der Waals surface area contributed by atoms with Gasteiger partial charge in [-0.1, -0.05) is 32.9 Å². The van der Waals surface area contributed by atoms with Gasteiger partial charge in [-0.15, -0.1) is 0 Å². The van der Waals surface area contributed by atoms with Crippen molar-refractivity contribution in [3.63, 3.8) is 0 Å². The third-order valence-corrected chi connectivity index (χ3v) is 4.80. The molecule has 1 aliphatic rings. The number of rotatable bonds is 7. The zero-order chi connectivity index (χ0) is 17.5. The Balaban J connectivity index is 1.97. The molecule has 1 aromatic rings. The van der Waals surface area contributed by atoms with Crippen molar-refractivity contribution in [2.75, 3.05) is 29.9 Å². The SMILES string of the molecule is CC(C)CC(C)CC(=O)Nc1ccccc1N1CCC(CO)CC1. The molecular formula is C20H32N2O2. The van der Waals surface area contributed by atoms with Crippen molar-refractivity contribution in [2.45, 2.75) is 46.5 Å². The van der Waals surface area contributed by atoms with Gasteiger partial charge in [-0.2, -0.15) is 0 Å². The standard InChI is InChI=1S/C20H32N2O2/c1-15(2)12-16(3)13-20(24)21-18-6-4-5-7-19(18)22-10-8-17(14-23)9-11-22/h4-7,15-17,23H,8-14H2,1-3H3,(H,21,24). The van der Waals surface area contributed by atoms with Gasteiger partial charge >= 0.3 is 0 Å². The zero-order valence-electron chi connectivity index (χ0n) is 15.3. The minimum Gasteiger partial charge on any atom is -0.396 e. The first kappa shape index (κ1) is 18.8. The summed E-state index contributed by atoms with van der Waals surface area (Å²) in [6.07, 6.45) is 3.65. The first-order valence-electron chi connectivity index (χ1n) is 9.24. The largest absolute Gasteiger partial charge is 0.396 e. The Bertz CT molecular complexity index is 522. The Morgan fingerprint density at radius 1 is 1.25 bits per heavy atom. The van der Waals surface area contributed by atoms with Crippen molar-refractivity contribution in [3.8, 4) is 0 Å². The second-order valence-electron chi connectivity index (χ2n) is 7.62. The molecule has 1 heterocycles. The number of carbonyl (C=O) groups excluding carboxylic acids is 1. The second-order valence-corrected chi connectivity index (χ2v) is 7.62. The van der Waals surface area contributed by atoms with E-state index in [1.807, 2.05) is 18.2 Å². The normalized spacial score (nSPS) is 17.1. The summed E-state index contributed by atoms with van der Waals surface area (Å²) >= 11 is 0. The number of piperidine rings is 1. The van der Waals surface area contributed by atoms with Crippen LogP contribution in [0, 0.1) is 17.8 Å². The maximum absolute atomic E-state index is 12.4. The fraction of sp³-hybridized carbons (Fsp3) is 0.650. The average molecular weight is 332 g/mol. The summed E-state index contributed by atoms with van der Waals surface area (Å²) in [4.78, 5) is 14.7. The van der Waals surface area contributed by atoms with Crippen LogP contribution in [-0.4, -0.2) is 30.7 Å². The van der Waals surface area contributed by atoms with E-state index >= 15 is 0 Å². The number of anilines is 2. The molecule has 1 aromatic carbocycles. The number of aliphatic hydroxyl groups excluding tert-OH is 1. The molecule has 0 aliphatic carbocycles. The minimum atomic E-state index is 0.0980. The molecule has 1 aliphatic heterocycles. The number of carbonyl (C=O) groups is 1. The fourth-order valence-electron chi connectivity index (χ4n) is 3.62. The summed E-state index contributed by atoms with van der Waals surface area (Å²) in [5.74, 6) is 1.53. The molecule has 0 radical (unpaired) electrons. The third kappa shape index (κ3) is 5.52. The van der Waals surface area contributed by atoms with Crippen molar-refractivity contribution < 1.29 is 9.90 Å². The highest BCUT2D eigenvalue weighted by Crippen LogP contribution is 2.30. The lowest BCUT2D eigenvalue weighted by Crippen LogP contribution is -2.35. The predicted octanol–water partition coefficient (Wildman–Crippen LogP) is 3.91. The third-order valence-electron chi connectivity index (χ3n) is 4.80. The van der Waals surface area contributed by atoms with Gasteiger partial charge < -0.3 is 15.3 Å². The molecule has 0 spiro atoms. The van der Waals surface area contributed by atoms with E-state index in [0.29, 0.717) is 24.2 Å². The van der Waals surface area contributed by atoms with E-state index in [1.165, 1.54) is 0 Å². The molecule has 1 amide bonds. The van der Waals surface area contributed by atoms with Gasteiger partial charge in [0.1, 0.15) is 0 Å². The van der Waals surface area contributed by atoms with Crippen molar-refractivity contribution in [1.82, 2.24) is 0 Å². The number of nitrogens with one attached hydrogen (secondary N) is 1. The van der Waals surface area contributed by atoms with Crippen molar-refractivity contribution in [2.24, 2.45) is 17.8 Å². The second kappa shape index (κ2) is 9.07. The van der Waals surface area contributed by atoms with Gasteiger partial charge in [-0.05, 0) is 49.1 Å². The van der Waals surface area contributed by atoms with Gasteiger partial charge in [0.25, 0.3) is 0 Å². The number of amides is 1. The van der Waals surface area contributed by atoms with Crippen LogP contribution in [-0.2, 0) is 4.79 Å². The molecule has 1 fully saturated rings. The molecule has 0 bridgehead atoms. The van der Waals surface area contributed by atoms with Gasteiger partial charge in [0.05, 0.1) is 11.4 Å². The monoisotopic (exact) mass is 332 g/mol. The van der Waals surface area contributed by atoms with Gasteiger partial charge in [0.2, 0.25) is 5.91 Å². The van der Waals surface area contributed by atoms with Crippen LogP contribution in [0.5, 0.6) is 0 Å². The summed E-state index contributed by atoms with van der Waals surface area (Å²) in [5, 5.41) is 12.4. The van der Waals surface area contributed by atoms with E-state index in [4.69, 9.17) is 0 Å². The summed E-state index contributed by atoms with van der Waals surface area (Å²) in [6.45, 7) is 8.67. The lowest BCUT2D eigenvalue weighted by molar-refractivity contribution is -0.117. The summed E-state index contributed by atoms with van der Waals surface area (Å²) in [6, 6.07) is 8.05. The van der Waals surface area contributed by atoms with Gasteiger partial charge in [-0.3, -0.25) is 4.79 Å². The molecule has 0 saturated carbocycles. The molecule has 1 unspecified atom stereocenters. The zero-order valence-corrected chi connectivity index (χ0v) is 15.3. The molecule has 134 valence electrons. The smallest absolute Gasteiger partial charge is 0.224 e. The first-order chi connectivity index (χ1) is 11.5. The van der Waals surface area contributed by atoms with Gasteiger partial charge in [0, 0.05) is 26.1 Å². The number of benzene rings is 1. The number of nitrogens with zero attached hydrogens (tertiary/aromatic N) is 1. The van der Waals surface area contributed by atoms with Crippen molar-refractivity contribution >= 4 is 17.3 Å². The van der Waals surface area contributed by atoms with Crippen LogP contribution in [0.25, 0.3) is 0 Å². The van der Waals surface area contributed by atoms with Crippen LogP contribution in [0.3, 0.4) is 0 Å². The maximum Gasteiger partial charge on any atom is 0.224 e. The number of para-hydroxylation sites is 2. The van der Waals surface area contributed by atoms with E-state index in [1.54, 1.807) is 0 Å². The van der Waals surface area contributed by atoms with E-state index in [2.05, 4.69) is 37.1 Å². The molecule has 1 saturated heterocycles. The molecule has 2 N–H and O–H groups in total. The Morgan fingerprint density at radius 3 is 2.54 bits per heavy atom. The first-order valence-corrected chi connectivity index (χ1v) is 9.24. The fourth-order valence-corrected chi connectivity index (χ4v) is 3.62. The van der Waals surface area contributed by atoms with Crippen molar-refractivity contribution in [3.05, 3.63) is 24.3 Å². The van der Waals surface area contributed by atoms with Gasteiger partial charge in [0.15, 0.2) is 0 Å². The van der Waals surface area contributed by atoms with E-state index in [9.17, 15) is 9.90 Å². The topological polar surface area (TPSA) is 52.6 Å². The van der Waals surface area contributed by atoms with Crippen molar-refractivity contribution in [1.29, 1.82) is 0 Å². The Labute approximate surface area is 146 Å². The molecule has 0 aromatic heterocycles. The summed E-state index contributed by atoms with van der Waals surface area (Å²) in [7, 11) is 0. The maximum atomic E-state index is 12.4. The Morgan fingerprint density at radius 2 is 1.92 bits per heavy atom. The van der Waals surface area contributed by atoms with E-state index in [0.717, 1.165) is 43.7 Å². The number of hydrogen-bond acceptors (Lipinski definition) is 3. The average Bonchev–Trinajstić information content (AvgIpc) is 2.54. The molecule has 24 heavy (non-hydrogen) atoms. The van der Waals surface area contributed by atoms with E-state index < -0.39 is 0 Å². The molecule has 4 heteroatoms. The highest BCUT2D eigenvalue weighted by atomic mass is 16.3. The highest BCUT2D eigenvalue weighted by molar-refractivity contribution is 5.94. The van der Waals surface area contributed by atoms with Crippen LogP contribution in [0.15, 0.2) is 24.3 Å². The summed E-state index contributed by atoms with van der Waals surface area (Å²) < 4.78 is 0. The lowest BCUT2D eigenvalue weighted by Gasteiger charge is -2.34. The molecule has 2 rings (SSSR count). The molecular weight excluding hydrogens is 300 g/mol. The predicted molar refractivity (Wildman–Crippen MR) is 100 cm³/mol. The number of aliphatic hydroxyl groups is 1. The van der Waals surface area contributed by atoms with Crippen LogP contribution in [0.1, 0.15) is 46.5 Å². The van der Waals surface area contributed by atoms with E-state index in [-0.39, 0.29) is 12.5 Å². The molecule has 1 atom stereocenters. The van der Waals surface area contributed by atoms with Crippen LogP contribution >= 0.6 is 0 Å². The van der Waals surface area contributed by atoms with Gasteiger partial charge in [-0.25, -0.2) is 0 Å². The quantitative estimate of drug-likeness (QED) is 0.796. The summed E-state index contributed by atoms with van der Waals surface area (Å²) in [5.41, 5.74) is 2.00. The lowest BCUT2D eigenvalue weighted by atomic mass is 9.95. The minimum absolute atomic E-state index is 0.0980. The van der Waals surface area contributed by atoms with Crippen LogP contribution in [0.4, 0.5) is 11.4 Å². The molecule has 4 nitrogen and oxygen atoms in total. The Hall–Kier alpha value is -1.55. The number of hydrogen-bond donors (Lipinski definition) is 2. The highest BCUT2D eigenvalue weighted by Gasteiger charge is 2.21. The van der Waals surface area contributed by atoms with Crippen LogP contribution in [0.2, 0.25) is 0 Å².